The van der Waals surface area contributed by atoms with Crippen LogP contribution in [0.3, 0.4) is 0 Å². The number of rotatable bonds is 9. The van der Waals surface area contributed by atoms with Gasteiger partial charge in [-0.25, -0.2) is 8.42 Å². The zero-order valence-electron chi connectivity index (χ0n) is 21.9. The van der Waals surface area contributed by atoms with Gasteiger partial charge in [0.1, 0.15) is 40.1 Å². The van der Waals surface area contributed by atoms with Gasteiger partial charge in [0.2, 0.25) is 21.8 Å². The predicted molar refractivity (Wildman–Crippen MR) is 142 cm³/mol. The summed E-state index contributed by atoms with van der Waals surface area (Å²) in [5.74, 6) is 2.25. The van der Waals surface area contributed by atoms with Gasteiger partial charge in [-0.15, -0.1) is 10.2 Å². The SMILES string of the molecule is COc1cccc(OC)c1-n1c(NS(=O)(=O)C(C)C(O)c2ccnc3c2OCCC3)nnc1-c1ccc(C)o1. The number of aromatic nitrogens is 4. The number of nitrogens with one attached hydrogen (secondary N) is 1. The van der Waals surface area contributed by atoms with Crippen molar-refractivity contribution >= 4 is 16.0 Å². The molecule has 5 rings (SSSR count). The lowest BCUT2D eigenvalue weighted by molar-refractivity contribution is 0.167. The summed E-state index contributed by atoms with van der Waals surface area (Å²) in [5, 5.41) is 18.2. The van der Waals surface area contributed by atoms with E-state index in [1.165, 1.54) is 25.7 Å². The third kappa shape index (κ3) is 4.90. The van der Waals surface area contributed by atoms with Crippen LogP contribution in [0.25, 0.3) is 17.3 Å². The molecule has 0 saturated heterocycles. The third-order valence-corrected chi connectivity index (χ3v) is 8.25. The minimum absolute atomic E-state index is 0.145. The highest BCUT2D eigenvalue weighted by atomic mass is 32.2. The molecule has 2 atom stereocenters. The second-order valence-corrected chi connectivity index (χ2v) is 11.1. The molecule has 0 radical (unpaired) electrons. The Morgan fingerprint density at radius 1 is 1.10 bits per heavy atom. The number of methoxy groups -OCH3 is 2. The van der Waals surface area contributed by atoms with Crippen LogP contribution in [0.2, 0.25) is 0 Å². The van der Waals surface area contributed by atoms with Gasteiger partial charge in [-0.05, 0) is 57.0 Å². The molecule has 206 valence electrons. The van der Waals surface area contributed by atoms with E-state index < -0.39 is 21.4 Å². The lowest BCUT2D eigenvalue weighted by Crippen LogP contribution is -2.32. The van der Waals surface area contributed by atoms with Crippen LogP contribution >= 0.6 is 0 Å². The van der Waals surface area contributed by atoms with E-state index in [0.29, 0.717) is 58.7 Å². The lowest BCUT2D eigenvalue weighted by atomic mass is 10.0. The summed E-state index contributed by atoms with van der Waals surface area (Å²) in [6, 6.07) is 10.2. The Bertz CT molecular complexity index is 1580. The summed E-state index contributed by atoms with van der Waals surface area (Å²) >= 11 is 0. The number of aryl methyl sites for hydroxylation is 2. The highest BCUT2D eigenvalue weighted by Gasteiger charge is 2.35. The third-order valence-electron chi connectivity index (χ3n) is 6.55. The van der Waals surface area contributed by atoms with Crippen molar-refractivity contribution in [2.24, 2.45) is 0 Å². The van der Waals surface area contributed by atoms with E-state index in [2.05, 4.69) is 19.9 Å². The van der Waals surface area contributed by atoms with Crippen LogP contribution in [-0.4, -0.2) is 59.3 Å². The molecule has 2 unspecified atom stereocenters. The average molecular weight is 556 g/mol. The number of anilines is 1. The predicted octanol–water partition coefficient (Wildman–Crippen LogP) is 3.44. The lowest BCUT2D eigenvalue weighted by Gasteiger charge is -2.25. The van der Waals surface area contributed by atoms with Gasteiger partial charge in [0, 0.05) is 11.8 Å². The Labute approximate surface area is 225 Å². The van der Waals surface area contributed by atoms with E-state index >= 15 is 0 Å². The molecule has 4 aromatic rings. The molecule has 2 N–H and O–H groups in total. The van der Waals surface area contributed by atoms with Crippen LogP contribution in [0.15, 0.2) is 47.0 Å². The molecule has 0 fully saturated rings. The normalized spacial score (nSPS) is 14.7. The van der Waals surface area contributed by atoms with E-state index in [0.717, 1.165) is 6.42 Å². The molecule has 13 heteroatoms. The molecule has 0 spiro atoms. The van der Waals surface area contributed by atoms with Gasteiger partial charge >= 0.3 is 0 Å². The number of hydrogen-bond acceptors (Lipinski definition) is 10. The monoisotopic (exact) mass is 555 g/mol. The fourth-order valence-electron chi connectivity index (χ4n) is 4.47. The summed E-state index contributed by atoms with van der Waals surface area (Å²) in [6.45, 7) is 3.66. The molecule has 0 saturated carbocycles. The van der Waals surface area contributed by atoms with Crippen LogP contribution in [-0.2, 0) is 16.4 Å². The largest absolute Gasteiger partial charge is 0.494 e. The maximum Gasteiger partial charge on any atom is 0.243 e. The van der Waals surface area contributed by atoms with Gasteiger partial charge in [0.25, 0.3) is 0 Å². The smallest absolute Gasteiger partial charge is 0.243 e. The molecule has 0 bridgehead atoms. The Balaban J connectivity index is 1.57. The van der Waals surface area contributed by atoms with Gasteiger partial charge in [-0.1, -0.05) is 6.07 Å². The number of sulfonamides is 1. The minimum atomic E-state index is -4.23. The number of benzene rings is 1. The molecule has 4 heterocycles. The van der Waals surface area contributed by atoms with E-state index in [1.807, 2.05) is 0 Å². The standard InChI is InChI=1S/C26H29N5O7S/c1-15-10-11-21(38-15)25-28-29-26(31(25)22-19(35-3)8-5-9-20(22)36-4)30-39(33,34)16(2)23(32)17-12-13-27-18-7-6-14-37-24(17)18/h5,8-13,16,23,32H,6-7,14H2,1-4H3,(H,29,30). The summed E-state index contributed by atoms with van der Waals surface area (Å²) < 4.78 is 53.9. The highest BCUT2D eigenvalue weighted by Crippen LogP contribution is 2.39. The minimum Gasteiger partial charge on any atom is -0.494 e. The molecule has 1 aliphatic heterocycles. The molecular formula is C26H29N5O7S. The van der Waals surface area contributed by atoms with Crippen molar-refractivity contribution in [3.8, 4) is 34.5 Å². The zero-order valence-corrected chi connectivity index (χ0v) is 22.7. The number of para-hydroxylation sites is 1. The Kier molecular flexibility index (Phi) is 7.19. The van der Waals surface area contributed by atoms with Crippen LogP contribution in [0.4, 0.5) is 5.95 Å². The van der Waals surface area contributed by atoms with Crippen molar-refractivity contribution in [2.45, 2.75) is 38.0 Å². The number of furan rings is 1. The van der Waals surface area contributed by atoms with E-state index in [1.54, 1.807) is 49.5 Å². The fourth-order valence-corrected chi connectivity index (χ4v) is 5.53. The molecule has 1 aliphatic rings. The molecule has 3 aromatic heterocycles. The topological polar surface area (TPSA) is 151 Å². The van der Waals surface area contributed by atoms with Crippen molar-refractivity contribution in [2.75, 3.05) is 25.5 Å². The van der Waals surface area contributed by atoms with Crippen molar-refractivity contribution in [3.05, 3.63) is 59.6 Å². The Morgan fingerprint density at radius 3 is 2.51 bits per heavy atom. The molecular weight excluding hydrogens is 526 g/mol. The molecule has 0 aliphatic carbocycles. The van der Waals surface area contributed by atoms with Gasteiger partial charge in [0.15, 0.2) is 5.76 Å². The maximum absolute atomic E-state index is 13.6. The first-order chi connectivity index (χ1) is 18.7. The highest BCUT2D eigenvalue weighted by molar-refractivity contribution is 7.93. The summed E-state index contributed by atoms with van der Waals surface area (Å²) in [6.07, 6.45) is 1.63. The average Bonchev–Trinajstić information content (AvgIpc) is 3.56. The van der Waals surface area contributed by atoms with Crippen molar-refractivity contribution < 1.29 is 32.2 Å². The number of aliphatic hydroxyl groups excluding tert-OH is 1. The van der Waals surface area contributed by atoms with Gasteiger partial charge in [0.05, 0.1) is 26.5 Å². The van der Waals surface area contributed by atoms with Crippen LogP contribution in [0.5, 0.6) is 17.2 Å². The number of aliphatic hydroxyl groups is 1. The first-order valence-electron chi connectivity index (χ1n) is 12.3. The number of pyridine rings is 1. The Morgan fingerprint density at radius 2 is 1.85 bits per heavy atom. The van der Waals surface area contributed by atoms with E-state index in [4.69, 9.17) is 18.6 Å². The molecule has 1 aromatic carbocycles. The maximum atomic E-state index is 13.6. The van der Waals surface area contributed by atoms with Crippen LogP contribution < -0.4 is 18.9 Å². The van der Waals surface area contributed by atoms with Crippen molar-refractivity contribution in [1.29, 1.82) is 0 Å². The van der Waals surface area contributed by atoms with Crippen LogP contribution in [0.1, 0.15) is 36.5 Å². The second-order valence-electron chi connectivity index (χ2n) is 9.03. The van der Waals surface area contributed by atoms with Gasteiger partial charge < -0.3 is 23.7 Å². The molecule has 12 nitrogen and oxygen atoms in total. The van der Waals surface area contributed by atoms with E-state index in [-0.39, 0.29) is 11.8 Å². The number of hydrogen-bond donors (Lipinski definition) is 2. The van der Waals surface area contributed by atoms with E-state index in [9.17, 15) is 13.5 Å². The summed E-state index contributed by atoms with van der Waals surface area (Å²) in [4.78, 5) is 4.31. The van der Waals surface area contributed by atoms with Crippen LogP contribution in [0, 0.1) is 6.92 Å². The zero-order chi connectivity index (χ0) is 27.7. The first kappa shape index (κ1) is 26.5. The van der Waals surface area contributed by atoms with Gasteiger partial charge in [-0.3, -0.25) is 14.3 Å². The molecule has 39 heavy (non-hydrogen) atoms. The first-order valence-corrected chi connectivity index (χ1v) is 13.8. The molecule has 0 amide bonds. The number of fused-ring (bicyclic) bond motifs is 1. The second kappa shape index (κ2) is 10.6. The number of ether oxygens (including phenoxy) is 3. The Hall–Kier alpha value is -4.10. The fraction of sp³-hybridized carbons (Fsp3) is 0.346. The van der Waals surface area contributed by atoms with Gasteiger partial charge in [-0.2, -0.15) is 0 Å². The van der Waals surface area contributed by atoms with Crippen molar-refractivity contribution in [1.82, 2.24) is 19.7 Å². The quantitative estimate of drug-likeness (QED) is 0.314. The summed E-state index contributed by atoms with van der Waals surface area (Å²) in [5.41, 5.74) is 1.41. The summed E-state index contributed by atoms with van der Waals surface area (Å²) in [7, 11) is -1.26. The number of nitrogens with zero attached hydrogens (tertiary/aromatic N) is 4. The van der Waals surface area contributed by atoms with Crippen molar-refractivity contribution in [3.63, 3.8) is 0 Å².